The summed E-state index contributed by atoms with van der Waals surface area (Å²) < 4.78 is 10.7. The summed E-state index contributed by atoms with van der Waals surface area (Å²) >= 11 is 0. The summed E-state index contributed by atoms with van der Waals surface area (Å²) in [5.41, 5.74) is 0. The molecule has 2 fully saturated rings. The fraction of sp³-hybridized carbons (Fsp3) is 1.00. The van der Waals surface area contributed by atoms with Crippen LogP contribution in [0.1, 0.15) is 0 Å². The first-order valence-electron chi connectivity index (χ1n) is 6.98. The lowest BCUT2D eigenvalue weighted by atomic mass is 9.99. The van der Waals surface area contributed by atoms with Crippen LogP contribution in [-0.4, -0.2) is 102 Å². The minimum atomic E-state index is -1.38. The molecule has 118 valence electrons. The van der Waals surface area contributed by atoms with E-state index in [9.17, 15) is 15.3 Å². The van der Waals surface area contributed by atoms with Crippen LogP contribution >= 0.6 is 0 Å². The van der Waals surface area contributed by atoms with Gasteiger partial charge in [0.05, 0.1) is 13.2 Å². The summed E-state index contributed by atoms with van der Waals surface area (Å²) in [6, 6.07) is 0. The molecule has 8 nitrogen and oxygen atoms in total. The van der Waals surface area contributed by atoms with Gasteiger partial charge < -0.3 is 35.2 Å². The van der Waals surface area contributed by atoms with Crippen molar-refractivity contribution in [3.8, 4) is 0 Å². The maximum absolute atomic E-state index is 9.79. The Bertz CT molecular complexity index is 287. The van der Waals surface area contributed by atoms with Gasteiger partial charge in [0.2, 0.25) is 0 Å². The van der Waals surface area contributed by atoms with Crippen molar-refractivity contribution in [2.75, 3.05) is 45.9 Å². The van der Waals surface area contributed by atoms with Gasteiger partial charge in [-0.15, -0.1) is 0 Å². The molecule has 5 atom stereocenters. The lowest BCUT2D eigenvalue weighted by Crippen LogP contribution is -2.59. The van der Waals surface area contributed by atoms with Crippen molar-refractivity contribution in [1.29, 1.82) is 0 Å². The van der Waals surface area contributed by atoms with Crippen LogP contribution in [0.2, 0.25) is 0 Å². The Labute approximate surface area is 117 Å². The number of nitrogens with one attached hydrogen (secondary N) is 1. The molecule has 0 aliphatic carbocycles. The molecular formula is C12H24N2O6. The van der Waals surface area contributed by atoms with Gasteiger partial charge in [0.15, 0.2) is 6.29 Å². The lowest BCUT2D eigenvalue weighted by molar-refractivity contribution is -0.301. The predicted octanol–water partition coefficient (Wildman–Crippen LogP) is -3.29. The number of hydrogen-bond acceptors (Lipinski definition) is 8. The van der Waals surface area contributed by atoms with Crippen LogP contribution in [0, 0.1) is 0 Å². The van der Waals surface area contributed by atoms with Crippen molar-refractivity contribution >= 4 is 0 Å². The molecule has 2 rings (SSSR count). The van der Waals surface area contributed by atoms with Crippen LogP contribution in [0.25, 0.3) is 0 Å². The highest BCUT2D eigenvalue weighted by molar-refractivity contribution is 4.88. The quantitative estimate of drug-likeness (QED) is 0.358. The number of aliphatic hydroxyl groups excluding tert-OH is 4. The first-order valence-corrected chi connectivity index (χ1v) is 6.98. The van der Waals surface area contributed by atoms with Crippen LogP contribution in [0.4, 0.5) is 0 Å². The van der Waals surface area contributed by atoms with Gasteiger partial charge in [0, 0.05) is 32.7 Å². The third-order valence-corrected chi connectivity index (χ3v) is 3.75. The summed E-state index contributed by atoms with van der Waals surface area (Å²) in [6.45, 7) is 4.39. The second-order valence-corrected chi connectivity index (χ2v) is 5.16. The monoisotopic (exact) mass is 292 g/mol. The van der Waals surface area contributed by atoms with Gasteiger partial charge in [-0.2, -0.15) is 0 Å². The van der Waals surface area contributed by atoms with Crippen molar-refractivity contribution in [1.82, 2.24) is 10.2 Å². The summed E-state index contributed by atoms with van der Waals surface area (Å²) in [5, 5.41) is 41.4. The Hall–Kier alpha value is -0.320. The second kappa shape index (κ2) is 7.62. The van der Waals surface area contributed by atoms with E-state index >= 15 is 0 Å². The third-order valence-electron chi connectivity index (χ3n) is 3.75. The molecule has 5 N–H and O–H groups in total. The minimum absolute atomic E-state index is 0.350. The molecule has 0 saturated carbocycles. The van der Waals surface area contributed by atoms with Gasteiger partial charge >= 0.3 is 0 Å². The number of aliphatic hydroxyl groups is 4. The first kappa shape index (κ1) is 16.1. The Morgan fingerprint density at radius 3 is 2.45 bits per heavy atom. The Balaban J connectivity index is 1.76. The van der Waals surface area contributed by atoms with E-state index < -0.39 is 37.3 Å². The molecule has 5 unspecified atom stereocenters. The molecule has 20 heavy (non-hydrogen) atoms. The van der Waals surface area contributed by atoms with E-state index in [0.29, 0.717) is 13.2 Å². The van der Waals surface area contributed by atoms with E-state index in [1.807, 2.05) is 0 Å². The zero-order valence-electron chi connectivity index (χ0n) is 11.4. The number of piperazine rings is 1. The molecule has 2 aliphatic rings. The topological polar surface area (TPSA) is 115 Å². The maximum atomic E-state index is 9.79. The van der Waals surface area contributed by atoms with Crippen LogP contribution < -0.4 is 5.32 Å². The zero-order valence-corrected chi connectivity index (χ0v) is 11.4. The predicted molar refractivity (Wildman–Crippen MR) is 69.0 cm³/mol. The Morgan fingerprint density at radius 1 is 1.10 bits per heavy atom. The Morgan fingerprint density at radius 2 is 1.80 bits per heavy atom. The lowest BCUT2D eigenvalue weighted by Gasteiger charge is -2.39. The van der Waals surface area contributed by atoms with Crippen LogP contribution in [0.15, 0.2) is 0 Å². The summed E-state index contributed by atoms with van der Waals surface area (Å²) in [5.74, 6) is 0. The SMILES string of the molecule is OCC1OC(OCCN2CCNCC2)C(O)C(O)C1O. The number of rotatable bonds is 5. The van der Waals surface area contributed by atoms with Gasteiger partial charge in [-0.05, 0) is 0 Å². The van der Waals surface area contributed by atoms with Gasteiger partial charge in [0.1, 0.15) is 24.4 Å². The van der Waals surface area contributed by atoms with Gasteiger partial charge in [-0.3, -0.25) is 4.90 Å². The van der Waals surface area contributed by atoms with Crippen molar-refractivity contribution in [2.24, 2.45) is 0 Å². The van der Waals surface area contributed by atoms with Gasteiger partial charge in [0.25, 0.3) is 0 Å². The van der Waals surface area contributed by atoms with E-state index in [1.165, 1.54) is 0 Å². The summed E-state index contributed by atoms with van der Waals surface area (Å²) in [4.78, 5) is 2.22. The molecule has 0 aromatic rings. The fourth-order valence-electron chi connectivity index (χ4n) is 2.44. The molecule has 0 aromatic carbocycles. The molecule has 0 aromatic heterocycles. The highest BCUT2D eigenvalue weighted by atomic mass is 16.7. The first-order chi connectivity index (χ1) is 9.63. The molecule has 0 spiro atoms. The molecular weight excluding hydrogens is 268 g/mol. The highest BCUT2D eigenvalue weighted by Gasteiger charge is 2.43. The fourth-order valence-corrected chi connectivity index (χ4v) is 2.44. The molecule has 0 radical (unpaired) electrons. The Kier molecular flexibility index (Phi) is 6.12. The normalized spacial score (nSPS) is 39.9. The number of hydrogen-bond donors (Lipinski definition) is 5. The molecule has 2 heterocycles. The van der Waals surface area contributed by atoms with E-state index in [4.69, 9.17) is 14.6 Å². The van der Waals surface area contributed by atoms with Crippen molar-refractivity contribution in [2.45, 2.75) is 30.7 Å². The van der Waals surface area contributed by atoms with Gasteiger partial charge in [-0.1, -0.05) is 0 Å². The molecule has 2 saturated heterocycles. The third kappa shape index (κ3) is 3.86. The number of nitrogens with zero attached hydrogens (tertiary/aromatic N) is 1. The summed E-state index contributed by atoms with van der Waals surface area (Å²) in [7, 11) is 0. The minimum Gasteiger partial charge on any atom is -0.394 e. The van der Waals surface area contributed by atoms with E-state index in [1.54, 1.807) is 0 Å². The smallest absolute Gasteiger partial charge is 0.186 e. The average Bonchev–Trinajstić information content (AvgIpc) is 2.48. The maximum Gasteiger partial charge on any atom is 0.186 e. The molecule has 0 amide bonds. The number of ether oxygens (including phenoxy) is 2. The van der Waals surface area contributed by atoms with Crippen molar-refractivity contribution in [3.05, 3.63) is 0 Å². The van der Waals surface area contributed by atoms with Crippen LogP contribution in [-0.2, 0) is 9.47 Å². The summed E-state index contributed by atoms with van der Waals surface area (Å²) in [6.07, 6.45) is -6.00. The van der Waals surface area contributed by atoms with Crippen molar-refractivity contribution in [3.63, 3.8) is 0 Å². The average molecular weight is 292 g/mol. The van der Waals surface area contributed by atoms with Crippen LogP contribution in [0.3, 0.4) is 0 Å². The zero-order chi connectivity index (χ0) is 14.5. The molecule has 8 heteroatoms. The van der Waals surface area contributed by atoms with Crippen molar-refractivity contribution < 1.29 is 29.9 Å². The standard InChI is InChI=1S/C12H24N2O6/c15-7-8-9(16)10(17)11(18)12(20-8)19-6-5-14-3-1-13-2-4-14/h8-13,15-18H,1-7H2. The van der Waals surface area contributed by atoms with E-state index in [-0.39, 0.29) is 0 Å². The van der Waals surface area contributed by atoms with E-state index in [0.717, 1.165) is 26.2 Å². The van der Waals surface area contributed by atoms with Gasteiger partial charge in [-0.25, -0.2) is 0 Å². The van der Waals surface area contributed by atoms with E-state index in [2.05, 4.69) is 10.2 Å². The second-order valence-electron chi connectivity index (χ2n) is 5.16. The highest BCUT2D eigenvalue weighted by Crippen LogP contribution is 2.21. The molecule has 2 aliphatic heterocycles. The molecule has 0 bridgehead atoms. The van der Waals surface area contributed by atoms with Crippen LogP contribution in [0.5, 0.6) is 0 Å². The largest absolute Gasteiger partial charge is 0.394 e.